The van der Waals surface area contributed by atoms with Gasteiger partial charge in [0, 0.05) is 38.2 Å². The number of nitrogens with zero attached hydrogens (tertiary/aromatic N) is 4. The maximum Gasteiger partial charge on any atom is 0.244 e. The fourth-order valence-electron chi connectivity index (χ4n) is 3.04. The molecule has 2 N–H and O–H groups in total. The third-order valence-electron chi connectivity index (χ3n) is 4.64. The van der Waals surface area contributed by atoms with E-state index in [-0.39, 0.29) is 36.8 Å². The number of nitrogens with two attached hydrogens (primary N) is 1. The number of carbonyl (C=O) groups is 1. The first-order valence-corrected chi connectivity index (χ1v) is 8.80. The lowest BCUT2D eigenvalue weighted by Gasteiger charge is -2.36. The first kappa shape index (κ1) is 23.4. The quantitative estimate of drug-likeness (QED) is 0.779. The summed E-state index contributed by atoms with van der Waals surface area (Å²) >= 11 is 0. The summed E-state index contributed by atoms with van der Waals surface area (Å²) in [6, 6.07) is 9.83. The average molecular weight is 416 g/mol. The van der Waals surface area contributed by atoms with Gasteiger partial charge >= 0.3 is 0 Å². The van der Waals surface area contributed by atoms with Crippen LogP contribution in [0.1, 0.15) is 31.7 Å². The SMILES string of the molecule is CC(c1nc(-c2ccccc2)no1)N1CCN(C(=O)CCCN)CC1.Cl.Cl. The minimum Gasteiger partial charge on any atom is -0.340 e. The van der Waals surface area contributed by atoms with Gasteiger partial charge in [-0.25, -0.2) is 0 Å². The van der Waals surface area contributed by atoms with Crippen molar-refractivity contribution in [2.75, 3.05) is 32.7 Å². The van der Waals surface area contributed by atoms with Crippen LogP contribution in [0.15, 0.2) is 34.9 Å². The van der Waals surface area contributed by atoms with Gasteiger partial charge in [-0.05, 0) is 19.9 Å². The van der Waals surface area contributed by atoms with Crippen molar-refractivity contribution in [3.05, 3.63) is 36.2 Å². The van der Waals surface area contributed by atoms with E-state index in [9.17, 15) is 4.79 Å². The topological polar surface area (TPSA) is 88.5 Å². The van der Waals surface area contributed by atoms with E-state index < -0.39 is 0 Å². The van der Waals surface area contributed by atoms with E-state index >= 15 is 0 Å². The van der Waals surface area contributed by atoms with Gasteiger partial charge in [-0.3, -0.25) is 9.69 Å². The average Bonchev–Trinajstić information content (AvgIpc) is 3.16. The van der Waals surface area contributed by atoms with E-state index in [4.69, 9.17) is 10.3 Å². The minimum atomic E-state index is 0. The number of amides is 1. The van der Waals surface area contributed by atoms with Crippen LogP contribution in [0.3, 0.4) is 0 Å². The Bertz CT molecular complexity index is 690. The van der Waals surface area contributed by atoms with Crippen LogP contribution >= 0.6 is 24.8 Å². The van der Waals surface area contributed by atoms with Crippen molar-refractivity contribution >= 4 is 30.7 Å². The molecule has 1 aromatic carbocycles. The molecule has 1 aliphatic rings. The molecule has 1 fully saturated rings. The van der Waals surface area contributed by atoms with E-state index in [1.54, 1.807) is 0 Å². The molecule has 0 radical (unpaired) electrons. The van der Waals surface area contributed by atoms with Gasteiger partial charge in [0.05, 0.1) is 6.04 Å². The van der Waals surface area contributed by atoms with Crippen molar-refractivity contribution in [3.8, 4) is 11.4 Å². The molecule has 150 valence electrons. The molecule has 1 atom stereocenters. The van der Waals surface area contributed by atoms with Crippen molar-refractivity contribution in [1.82, 2.24) is 19.9 Å². The monoisotopic (exact) mass is 415 g/mol. The van der Waals surface area contributed by atoms with Gasteiger partial charge in [-0.1, -0.05) is 35.5 Å². The molecule has 7 nitrogen and oxygen atoms in total. The normalized spacial score (nSPS) is 15.6. The first-order chi connectivity index (χ1) is 12.2. The largest absolute Gasteiger partial charge is 0.340 e. The molecule has 0 bridgehead atoms. The highest BCUT2D eigenvalue weighted by atomic mass is 35.5. The van der Waals surface area contributed by atoms with Crippen LogP contribution < -0.4 is 5.73 Å². The van der Waals surface area contributed by atoms with Crippen LogP contribution in [-0.2, 0) is 4.79 Å². The van der Waals surface area contributed by atoms with Crippen molar-refractivity contribution in [2.45, 2.75) is 25.8 Å². The Morgan fingerprint density at radius 1 is 1.19 bits per heavy atom. The minimum absolute atomic E-state index is 0. The van der Waals surface area contributed by atoms with E-state index in [2.05, 4.69) is 22.0 Å². The molecule has 2 heterocycles. The third-order valence-corrected chi connectivity index (χ3v) is 4.64. The summed E-state index contributed by atoms with van der Waals surface area (Å²) in [6.07, 6.45) is 1.29. The summed E-state index contributed by atoms with van der Waals surface area (Å²) in [6.45, 7) is 5.69. The number of aromatic nitrogens is 2. The van der Waals surface area contributed by atoms with E-state index in [1.165, 1.54) is 0 Å². The summed E-state index contributed by atoms with van der Waals surface area (Å²) in [4.78, 5) is 20.8. The Labute approximate surface area is 172 Å². The zero-order chi connectivity index (χ0) is 17.6. The highest BCUT2D eigenvalue weighted by Gasteiger charge is 2.27. The van der Waals surface area contributed by atoms with Crippen LogP contribution in [-0.4, -0.2) is 58.6 Å². The third kappa shape index (κ3) is 5.90. The summed E-state index contributed by atoms with van der Waals surface area (Å²) in [7, 11) is 0. The summed E-state index contributed by atoms with van der Waals surface area (Å²) in [5.74, 6) is 1.42. The molecule has 27 heavy (non-hydrogen) atoms. The highest BCUT2D eigenvalue weighted by Crippen LogP contribution is 2.23. The molecule has 0 aliphatic carbocycles. The molecule has 0 spiro atoms. The maximum atomic E-state index is 12.1. The van der Waals surface area contributed by atoms with Gasteiger partial charge in [0.1, 0.15) is 0 Å². The number of hydrogen-bond donors (Lipinski definition) is 1. The Balaban J connectivity index is 0.00000182. The van der Waals surface area contributed by atoms with E-state index in [1.807, 2.05) is 35.2 Å². The molecule has 3 rings (SSSR count). The Kier molecular flexibility index (Phi) is 9.73. The van der Waals surface area contributed by atoms with Crippen molar-refractivity contribution < 1.29 is 9.32 Å². The Hall–Kier alpha value is -1.67. The molecular formula is C18H27Cl2N5O2. The number of hydrogen-bond acceptors (Lipinski definition) is 6. The highest BCUT2D eigenvalue weighted by molar-refractivity contribution is 5.85. The molecule has 1 aromatic heterocycles. The predicted octanol–water partition coefficient (Wildman–Crippen LogP) is 2.52. The maximum absolute atomic E-state index is 12.1. The van der Waals surface area contributed by atoms with Gasteiger partial charge in [-0.15, -0.1) is 24.8 Å². The lowest BCUT2D eigenvalue weighted by Crippen LogP contribution is -2.49. The van der Waals surface area contributed by atoms with Gasteiger partial charge in [0.25, 0.3) is 0 Å². The lowest BCUT2D eigenvalue weighted by molar-refractivity contribution is -0.133. The van der Waals surface area contributed by atoms with Crippen LogP contribution in [0.5, 0.6) is 0 Å². The zero-order valence-electron chi connectivity index (χ0n) is 15.4. The summed E-state index contributed by atoms with van der Waals surface area (Å²) in [5, 5.41) is 4.09. The molecular weight excluding hydrogens is 389 g/mol. The summed E-state index contributed by atoms with van der Waals surface area (Å²) in [5.41, 5.74) is 6.42. The fraction of sp³-hybridized carbons (Fsp3) is 0.500. The standard InChI is InChI=1S/C18H25N5O2.2ClH/c1-14(18-20-17(21-25-18)15-6-3-2-4-7-15)22-10-12-23(13-11-22)16(24)8-5-9-19;;/h2-4,6-7,14H,5,8-13,19H2,1H3;2*1H. The van der Waals surface area contributed by atoms with Gasteiger partial charge < -0.3 is 15.2 Å². The second kappa shape index (κ2) is 11.2. The number of halogens is 2. The first-order valence-electron chi connectivity index (χ1n) is 8.80. The molecule has 1 amide bonds. The Morgan fingerprint density at radius 3 is 2.48 bits per heavy atom. The number of rotatable bonds is 6. The number of piperazine rings is 1. The van der Waals surface area contributed by atoms with E-state index in [0.717, 1.165) is 38.2 Å². The number of benzene rings is 1. The van der Waals surface area contributed by atoms with Crippen molar-refractivity contribution in [1.29, 1.82) is 0 Å². The van der Waals surface area contributed by atoms with Gasteiger partial charge in [0.2, 0.25) is 17.6 Å². The van der Waals surface area contributed by atoms with Crippen molar-refractivity contribution in [2.24, 2.45) is 5.73 Å². The zero-order valence-corrected chi connectivity index (χ0v) is 17.0. The van der Waals surface area contributed by atoms with Gasteiger partial charge in [-0.2, -0.15) is 4.98 Å². The van der Waals surface area contributed by atoms with Crippen LogP contribution in [0.4, 0.5) is 0 Å². The molecule has 9 heteroatoms. The molecule has 0 saturated carbocycles. The molecule has 2 aromatic rings. The molecule has 1 saturated heterocycles. The fourth-order valence-corrected chi connectivity index (χ4v) is 3.04. The molecule has 1 unspecified atom stereocenters. The van der Waals surface area contributed by atoms with Gasteiger partial charge in [0.15, 0.2) is 0 Å². The van der Waals surface area contributed by atoms with Crippen LogP contribution in [0.2, 0.25) is 0 Å². The van der Waals surface area contributed by atoms with Crippen LogP contribution in [0, 0.1) is 0 Å². The van der Waals surface area contributed by atoms with Crippen molar-refractivity contribution in [3.63, 3.8) is 0 Å². The van der Waals surface area contributed by atoms with E-state index in [0.29, 0.717) is 24.7 Å². The lowest BCUT2D eigenvalue weighted by atomic mass is 10.2. The van der Waals surface area contributed by atoms with Crippen LogP contribution in [0.25, 0.3) is 11.4 Å². The summed E-state index contributed by atoms with van der Waals surface area (Å²) < 4.78 is 5.46. The predicted molar refractivity (Wildman–Crippen MR) is 109 cm³/mol. The number of carbonyl (C=O) groups excluding carboxylic acids is 1. The Morgan fingerprint density at radius 2 is 1.85 bits per heavy atom. The smallest absolute Gasteiger partial charge is 0.244 e. The second-order valence-electron chi connectivity index (χ2n) is 6.31. The second-order valence-corrected chi connectivity index (χ2v) is 6.31. The molecule has 1 aliphatic heterocycles.